The monoisotopic (exact) mass is 290 g/mol. The summed E-state index contributed by atoms with van der Waals surface area (Å²) in [4.78, 5) is 0. The zero-order valence-electron chi connectivity index (χ0n) is 12.8. The van der Waals surface area contributed by atoms with Crippen molar-refractivity contribution in [3.05, 3.63) is 71.3 Å². The van der Waals surface area contributed by atoms with Gasteiger partial charge in [-0.3, -0.25) is 0 Å². The Labute approximate surface area is 129 Å². The van der Waals surface area contributed by atoms with Crippen LogP contribution in [0.4, 0.5) is 0 Å². The molecule has 0 radical (unpaired) electrons. The Hall–Kier alpha value is -2.62. The summed E-state index contributed by atoms with van der Waals surface area (Å²) in [5.41, 5.74) is 7.02. The molecule has 0 saturated carbocycles. The molecule has 0 bridgehead atoms. The highest BCUT2D eigenvalue weighted by Gasteiger charge is 2.04. The summed E-state index contributed by atoms with van der Waals surface area (Å²) in [5, 5.41) is 9.10. The molecule has 0 spiro atoms. The second kappa shape index (κ2) is 4.98. The third kappa shape index (κ3) is 2.37. The molecule has 0 aliphatic carbocycles. The van der Waals surface area contributed by atoms with Crippen molar-refractivity contribution in [1.29, 1.82) is 0 Å². The molecule has 0 aliphatic heterocycles. The lowest BCUT2D eigenvalue weighted by Gasteiger charge is -2.00. The summed E-state index contributed by atoms with van der Waals surface area (Å²) in [5.74, 6) is 0. The van der Waals surface area contributed by atoms with Gasteiger partial charge in [0.2, 0.25) is 0 Å². The van der Waals surface area contributed by atoms with E-state index in [0.29, 0.717) is 0 Å². The van der Waals surface area contributed by atoms with Crippen LogP contribution in [0.15, 0.2) is 48.8 Å². The van der Waals surface area contributed by atoms with Crippen molar-refractivity contribution in [3.63, 3.8) is 0 Å². The molecule has 4 rings (SSSR count). The predicted octanol–water partition coefficient (Wildman–Crippen LogP) is 3.38. The van der Waals surface area contributed by atoms with Gasteiger partial charge in [0.1, 0.15) is 0 Å². The van der Waals surface area contributed by atoms with Gasteiger partial charge in [0, 0.05) is 12.4 Å². The van der Waals surface area contributed by atoms with Crippen LogP contribution in [0.5, 0.6) is 0 Å². The molecule has 0 saturated heterocycles. The van der Waals surface area contributed by atoms with Gasteiger partial charge < -0.3 is 0 Å². The molecule has 0 amide bonds. The number of aromatic nitrogens is 4. The van der Waals surface area contributed by atoms with Gasteiger partial charge in [-0.15, -0.1) is 0 Å². The highest BCUT2D eigenvalue weighted by molar-refractivity contribution is 5.50. The lowest BCUT2D eigenvalue weighted by atomic mass is 10.1. The maximum atomic E-state index is 4.63. The summed E-state index contributed by atoms with van der Waals surface area (Å²) in [7, 11) is 0. The lowest BCUT2D eigenvalue weighted by molar-refractivity contribution is 0.840. The first-order valence-electron chi connectivity index (χ1n) is 7.57. The number of aryl methyl sites for hydroxylation is 4. The fourth-order valence-corrected chi connectivity index (χ4v) is 2.86. The minimum Gasteiger partial charge on any atom is -0.241 e. The predicted molar refractivity (Wildman–Crippen MR) is 87.3 cm³/mol. The molecule has 4 heteroatoms. The highest BCUT2D eigenvalue weighted by atomic mass is 15.2. The van der Waals surface area contributed by atoms with Gasteiger partial charge in [0.05, 0.1) is 22.4 Å². The zero-order valence-corrected chi connectivity index (χ0v) is 12.8. The smallest absolute Gasteiger partial charge is 0.0667 e. The molecular formula is C18H18N4. The molecule has 0 N–H and O–H groups in total. The average molecular weight is 290 g/mol. The Balaban J connectivity index is 1.56. The third-order valence-corrected chi connectivity index (χ3v) is 3.98. The van der Waals surface area contributed by atoms with Crippen LogP contribution in [-0.4, -0.2) is 19.2 Å². The first-order chi connectivity index (χ1) is 10.7. The van der Waals surface area contributed by atoms with E-state index in [1.807, 2.05) is 22.2 Å². The molecule has 110 valence electrons. The zero-order chi connectivity index (χ0) is 15.1. The van der Waals surface area contributed by atoms with Crippen molar-refractivity contribution in [3.8, 4) is 0 Å². The third-order valence-electron chi connectivity index (χ3n) is 3.98. The van der Waals surface area contributed by atoms with Crippen molar-refractivity contribution < 1.29 is 0 Å². The van der Waals surface area contributed by atoms with E-state index in [1.54, 1.807) is 0 Å². The van der Waals surface area contributed by atoms with Gasteiger partial charge in [-0.05, 0) is 68.1 Å². The fraction of sp³-hybridized carbons (Fsp3) is 0.222. The van der Waals surface area contributed by atoms with Crippen molar-refractivity contribution in [1.82, 2.24) is 19.2 Å². The van der Waals surface area contributed by atoms with E-state index < -0.39 is 0 Å². The van der Waals surface area contributed by atoms with E-state index in [0.717, 1.165) is 35.3 Å². The van der Waals surface area contributed by atoms with Crippen molar-refractivity contribution in [2.45, 2.75) is 26.7 Å². The number of hydrogen-bond acceptors (Lipinski definition) is 2. The maximum Gasteiger partial charge on any atom is 0.0667 e. The fourth-order valence-electron chi connectivity index (χ4n) is 2.86. The number of nitrogens with zero attached hydrogens (tertiary/aromatic N) is 4. The van der Waals surface area contributed by atoms with Crippen LogP contribution < -0.4 is 0 Å². The quantitative estimate of drug-likeness (QED) is 0.579. The summed E-state index contributed by atoms with van der Waals surface area (Å²) in [6.07, 6.45) is 6.04. The molecule has 0 fully saturated rings. The van der Waals surface area contributed by atoms with Gasteiger partial charge in [0.25, 0.3) is 0 Å². The summed E-state index contributed by atoms with van der Waals surface area (Å²) < 4.78 is 3.90. The van der Waals surface area contributed by atoms with Crippen LogP contribution in [0.3, 0.4) is 0 Å². The Morgan fingerprint density at radius 1 is 0.864 bits per heavy atom. The molecule has 0 aliphatic rings. The van der Waals surface area contributed by atoms with Crippen LogP contribution in [0.2, 0.25) is 0 Å². The second-order valence-electron chi connectivity index (χ2n) is 5.90. The van der Waals surface area contributed by atoms with E-state index in [2.05, 4.69) is 59.7 Å². The van der Waals surface area contributed by atoms with Gasteiger partial charge in [-0.1, -0.05) is 6.07 Å². The van der Waals surface area contributed by atoms with E-state index in [9.17, 15) is 0 Å². The van der Waals surface area contributed by atoms with E-state index in [-0.39, 0.29) is 0 Å². The number of hydrogen-bond donors (Lipinski definition) is 0. The van der Waals surface area contributed by atoms with E-state index in [4.69, 9.17) is 0 Å². The summed E-state index contributed by atoms with van der Waals surface area (Å²) >= 11 is 0. The molecule has 4 nitrogen and oxygen atoms in total. The maximum absolute atomic E-state index is 4.63. The Kier molecular flexibility index (Phi) is 2.96. The van der Waals surface area contributed by atoms with Gasteiger partial charge in [-0.2, -0.15) is 10.2 Å². The van der Waals surface area contributed by atoms with E-state index >= 15 is 0 Å². The Morgan fingerprint density at radius 3 is 2.68 bits per heavy atom. The average Bonchev–Trinajstić information content (AvgIpc) is 3.05. The standard InChI is InChI=1S/C18H18N4/c1-13-7-8-21-18(9-13)11-16(20-21)5-3-15-4-6-17-10-14(2)19-22(17)12-15/h4,6-12H,3,5H2,1-2H3. The molecule has 0 atom stereocenters. The number of rotatable bonds is 3. The SMILES string of the molecule is Cc1ccn2nc(CCc3ccc4cc(C)nn4c3)cc2c1. The molecule has 4 aromatic heterocycles. The van der Waals surface area contributed by atoms with Crippen LogP contribution >= 0.6 is 0 Å². The van der Waals surface area contributed by atoms with Gasteiger partial charge in [-0.25, -0.2) is 9.03 Å². The molecule has 0 aromatic carbocycles. The van der Waals surface area contributed by atoms with Crippen molar-refractivity contribution >= 4 is 11.0 Å². The highest BCUT2D eigenvalue weighted by Crippen LogP contribution is 2.13. The van der Waals surface area contributed by atoms with Crippen LogP contribution in [0, 0.1) is 13.8 Å². The van der Waals surface area contributed by atoms with Crippen LogP contribution in [0.25, 0.3) is 11.0 Å². The normalized spacial score (nSPS) is 11.5. The second-order valence-corrected chi connectivity index (χ2v) is 5.90. The van der Waals surface area contributed by atoms with Crippen molar-refractivity contribution in [2.24, 2.45) is 0 Å². The van der Waals surface area contributed by atoms with Crippen molar-refractivity contribution in [2.75, 3.05) is 0 Å². The molecular weight excluding hydrogens is 272 g/mol. The van der Waals surface area contributed by atoms with Gasteiger partial charge in [0.15, 0.2) is 0 Å². The van der Waals surface area contributed by atoms with Gasteiger partial charge >= 0.3 is 0 Å². The van der Waals surface area contributed by atoms with E-state index in [1.165, 1.54) is 11.1 Å². The minimum absolute atomic E-state index is 0.937. The summed E-state index contributed by atoms with van der Waals surface area (Å²) in [6.45, 7) is 4.12. The molecule has 4 aromatic rings. The Bertz CT molecular complexity index is 960. The molecule has 4 heterocycles. The first kappa shape index (κ1) is 13.1. The van der Waals surface area contributed by atoms with Crippen LogP contribution in [0.1, 0.15) is 22.5 Å². The lowest BCUT2D eigenvalue weighted by Crippen LogP contribution is -1.96. The molecule has 22 heavy (non-hydrogen) atoms. The molecule has 0 unspecified atom stereocenters. The minimum atomic E-state index is 0.937. The number of pyridine rings is 2. The summed E-state index contributed by atoms with van der Waals surface area (Å²) in [6, 6.07) is 12.8. The Morgan fingerprint density at radius 2 is 1.77 bits per heavy atom. The van der Waals surface area contributed by atoms with Crippen LogP contribution in [-0.2, 0) is 12.8 Å². The largest absolute Gasteiger partial charge is 0.241 e. The topological polar surface area (TPSA) is 34.6 Å². The number of fused-ring (bicyclic) bond motifs is 2. The first-order valence-corrected chi connectivity index (χ1v) is 7.57.